The Morgan fingerprint density at radius 1 is 1.38 bits per heavy atom. The Morgan fingerprint density at radius 3 is 2.81 bits per heavy atom. The zero-order valence-electron chi connectivity index (χ0n) is 9.35. The summed E-state index contributed by atoms with van der Waals surface area (Å²) in [7, 11) is 0. The van der Waals surface area contributed by atoms with Gasteiger partial charge in [0.15, 0.2) is 0 Å². The second kappa shape index (κ2) is 6.05. The lowest BCUT2D eigenvalue weighted by atomic mass is 10.2. The molecule has 0 radical (unpaired) electrons. The number of nitrogens with zero attached hydrogens (tertiary/aromatic N) is 2. The summed E-state index contributed by atoms with van der Waals surface area (Å²) in [4.78, 5) is 21.6. The van der Waals surface area contributed by atoms with Gasteiger partial charge in [-0.05, 0) is 25.8 Å². The monoisotopic (exact) mass is 224 g/mol. The maximum Gasteiger partial charge on any atom is 0.303 e. The second-order valence-electron chi connectivity index (χ2n) is 3.74. The van der Waals surface area contributed by atoms with E-state index in [0.29, 0.717) is 13.0 Å². The first-order valence-electron chi connectivity index (χ1n) is 5.36. The molecular weight excluding hydrogens is 208 g/mol. The summed E-state index contributed by atoms with van der Waals surface area (Å²) in [5, 5.41) is 12.5. The molecule has 0 bridgehead atoms. The quantitative estimate of drug-likeness (QED) is 0.737. The molecule has 0 atom stereocenters. The van der Waals surface area contributed by atoms with E-state index < -0.39 is 5.97 Å². The summed E-state index contributed by atoms with van der Waals surface area (Å²) in [6.07, 6.45) is 2.42. The van der Waals surface area contributed by atoms with Gasteiger partial charge in [-0.1, -0.05) is 6.42 Å². The van der Waals surface area contributed by atoms with E-state index in [1.165, 1.54) is 10.7 Å². The Hall–Kier alpha value is -1.65. The van der Waals surface area contributed by atoms with Gasteiger partial charge in [-0.2, -0.15) is 5.10 Å². The van der Waals surface area contributed by atoms with Crippen LogP contribution in [0.2, 0.25) is 0 Å². The summed E-state index contributed by atoms with van der Waals surface area (Å²) in [6, 6.07) is 3.18. The first kappa shape index (κ1) is 12.4. The Kier molecular flexibility index (Phi) is 4.69. The van der Waals surface area contributed by atoms with E-state index in [1.807, 2.05) is 6.92 Å². The summed E-state index contributed by atoms with van der Waals surface area (Å²) < 4.78 is 1.43. The molecular formula is C11H16N2O3. The molecule has 0 saturated carbocycles. The molecule has 0 aliphatic carbocycles. The Labute approximate surface area is 93.7 Å². The molecule has 0 saturated heterocycles. The van der Waals surface area contributed by atoms with Crippen molar-refractivity contribution in [2.45, 2.75) is 39.2 Å². The fourth-order valence-corrected chi connectivity index (χ4v) is 1.43. The predicted octanol–water partition coefficient (Wildman–Crippen LogP) is 1.20. The van der Waals surface area contributed by atoms with Gasteiger partial charge in [0.2, 0.25) is 0 Å². The topological polar surface area (TPSA) is 72.2 Å². The van der Waals surface area contributed by atoms with Crippen LogP contribution in [0.3, 0.4) is 0 Å². The van der Waals surface area contributed by atoms with Crippen molar-refractivity contribution in [2.24, 2.45) is 0 Å². The van der Waals surface area contributed by atoms with Crippen molar-refractivity contribution in [3.05, 3.63) is 28.2 Å². The van der Waals surface area contributed by atoms with E-state index >= 15 is 0 Å². The molecule has 0 amide bonds. The molecule has 0 aliphatic heterocycles. The van der Waals surface area contributed by atoms with Crippen LogP contribution < -0.4 is 5.56 Å². The maximum atomic E-state index is 11.3. The highest BCUT2D eigenvalue weighted by Crippen LogP contribution is 2.00. The third-order valence-corrected chi connectivity index (χ3v) is 2.26. The number of aryl methyl sites for hydroxylation is 2. The van der Waals surface area contributed by atoms with E-state index in [2.05, 4.69) is 5.10 Å². The normalized spacial score (nSPS) is 10.3. The number of carboxylic acid groups (broad SMARTS) is 1. The van der Waals surface area contributed by atoms with Crippen LogP contribution in [0.4, 0.5) is 0 Å². The third-order valence-electron chi connectivity index (χ3n) is 2.26. The lowest BCUT2D eigenvalue weighted by molar-refractivity contribution is -0.137. The Morgan fingerprint density at radius 2 is 2.12 bits per heavy atom. The van der Waals surface area contributed by atoms with Crippen LogP contribution in [-0.4, -0.2) is 20.9 Å². The van der Waals surface area contributed by atoms with E-state index in [1.54, 1.807) is 6.07 Å². The van der Waals surface area contributed by atoms with E-state index in [0.717, 1.165) is 18.5 Å². The minimum absolute atomic E-state index is 0.108. The SMILES string of the molecule is Cc1ccc(=O)n(CCCCCC(=O)O)n1. The van der Waals surface area contributed by atoms with Gasteiger partial charge in [-0.25, -0.2) is 4.68 Å². The van der Waals surface area contributed by atoms with Crippen molar-refractivity contribution in [1.29, 1.82) is 0 Å². The molecule has 0 unspecified atom stereocenters. The van der Waals surface area contributed by atoms with Crippen LogP contribution >= 0.6 is 0 Å². The average Bonchev–Trinajstić information content (AvgIpc) is 2.22. The summed E-state index contributed by atoms with van der Waals surface area (Å²) >= 11 is 0. The fraction of sp³-hybridized carbons (Fsp3) is 0.545. The standard InChI is InChI=1S/C11H16N2O3/c1-9-6-7-10(14)13(12-9)8-4-2-3-5-11(15)16/h6-7H,2-5,8H2,1H3,(H,15,16). The molecule has 0 spiro atoms. The summed E-state index contributed by atoms with van der Waals surface area (Å²) in [5.41, 5.74) is 0.703. The van der Waals surface area contributed by atoms with Crippen LogP contribution in [0.15, 0.2) is 16.9 Å². The van der Waals surface area contributed by atoms with Gasteiger partial charge in [-0.3, -0.25) is 9.59 Å². The van der Waals surface area contributed by atoms with Crippen LogP contribution in [0.5, 0.6) is 0 Å². The molecule has 5 nitrogen and oxygen atoms in total. The molecule has 1 N–H and O–H groups in total. The zero-order chi connectivity index (χ0) is 12.0. The van der Waals surface area contributed by atoms with Crippen LogP contribution in [0.1, 0.15) is 31.4 Å². The number of aromatic nitrogens is 2. The van der Waals surface area contributed by atoms with Crippen molar-refractivity contribution in [3.8, 4) is 0 Å². The highest BCUT2D eigenvalue weighted by atomic mass is 16.4. The van der Waals surface area contributed by atoms with E-state index in [9.17, 15) is 9.59 Å². The molecule has 0 aromatic carbocycles. The third kappa shape index (κ3) is 4.25. The number of aliphatic carboxylic acids is 1. The van der Waals surface area contributed by atoms with Crippen LogP contribution in [-0.2, 0) is 11.3 Å². The fourth-order valence-electron chi connectivity index (χ4n) is 1.43. The summed E-state index contributed by atoms with van der Waals surface area (Å²) in [5.74, 6) is -0.772. The first-order chi connectivity index (χ1) is 7.59. The Balaban J connectivity index is 2.34. The first-order valence-corrected chi connectivity index (χ1v) is 5.36. The maximum absolute atomic E-state index is 11.3. The lowest BCUT2D eigenvalue weighted by Gasteiger charge is -2.04. The van der Waals surface area contributed by atoms with Crippen LogP contribution in [0.25, 0.3) is 0 Å². The number of rotatable bonds is 6. The number of carbonyl (C=O) groups is 1. The van der Waals surface area contributed by atoms with E-state index in [-0.39, 0.29) is 12.0 Å². The number of unbranched alkanes of at least 4 members (excludes halogenated alkanes) is 2. The predicted molar refractivity (Wildman–Crippen MR) is 59.3 cm³/mol. The number of hydrogen-bond acceptors (Lipinski definition) is 3. The lowest BCUT2D eigenvalue weighted by Crippen LogP contribution is -2.22. The van der Waals surface area contributed by atoms with E-state index in [4.69, 9.17) is 5.11 Å². The number of carboxylic acids is 1. The molecule has 0 aliphatic rings. The molecule has 0 fully saturated rings. The number of hydrogen-bond donors (Lipinski definition) is 1. The minimum atomic E-state index is -0.772. The van der Waals surface area contributed by atoms with Gasteiger partial charge in [0.05, 0.1) is 5.69 Å². The molecule has 16 heavy (non-hydrogen) atoms. The highest BCUT2D eigenvalue weighted by Gasteiger charge is 1.99. The molecule has 1 rings (SSSR count). The molecule has 1 heterocycles. The average molecular weight is 224 g/mol. The minimum Gasteiger partial charge on any atom is -0.481 e. The van der Waals surface area contributed by atoms with Gasteiger partial charge in [-0.15, -0.1) is 0 Å². The van der Waals surface area contributed by atoms with Crippen molar-refractivity contribution < 1.29 is 9.90 Å². The van der Waals surface area contributed by atoms with Crippen molar-refractivity contribution in [2.75, 3.05) is 0 Å². The van der Waals surface area contributed by atoms with Crippen molar-refractivity contribution >= 4 is 5.97 Å². The molecule has 88 valence electrons. The largest absolute Gasteiger partial charge is 0.481 e. The molecule has 1 aromatic rings. The summed E-state index contributed by atoms with van der Waals surface area (Å²) in [6.45, 7) is 2.39. The second-order valence-corrected chi connectivity index (χ2v) is 3.74. The Bertz CT molecular complexity index is 412. The van der Waals surface area contributed by atoms with Crippen molar-refractivity contribution in [3.63, 3.8) is 0 Å². The zero-order valence-corrected chi connectivity index (χ0v) is 9.35. The highest BCUT2D eigenvalue weighted by molar-refractivity contribution is 5.66. The molecule has 1 aromatic heterocycles. The van der Waals surface area contributed by atoms with Crippen molar-refractivity contribution in [1.82, 2.24) is 9.78 Å². The van der Waals surface area contributed by atoms with Gasteiger partial charge >= 0.3 is 5.97 Å². The van der Waals surface area contributed by atoms with Gasteiger partial charge in [0.1, 0.15) is 0 Å². The smallest absolute Gasteiger partial charge is 0.303 e. The van der Waals surface area contributed by atoms with Crippen LogP contribution in [0, 0.1) is 6.92 Å². The van der Waals surface area contributed by atoms with Gasteiger partial charge in [0, 0.05) is 19.0 Å². The van der Waals surface area contributed by atoms with Gasteiger partial charge < -0.3 is 5.11 Å². The van der Waals surface area contributed by atoms with Gasteiger partial charge in [0.25, 0.3) is 5.56 Å². The molecule has 5 heteroatoms.